The van der Waals surface area contributed by atoms with Crippen LogP contribution in [0.15, 0.2) is 60.8 Å². The molecule has 3 aromatic heterocycles. The lowest BCUT2D eigenvalue weighted by Gasteiger charge is -2.23. The minimum atomic E-state index is -0.944. The second kappa shape index (κ2) is 9.97. The number of hydrogen-bond donors (Lipinski definition) is 0. The largest absolute Gasteiger partial charge is 0.296 e. The van der Waals surface area contributed by atoms with Crippen molar-refractivity contribution in [3.63, 3.8) is 0 Å². The molecule has 0 saturated heterocycles. The molecule has 0 spiro atoms. The van der Waals surface area contributed by atoms with E-state index in [-0.39, 0.29) is 10.7 Å². The van der Waals surface area contributed by atoms with Crippen molar-refractivity contribution in [2.24, 2.45) is 0 Å². The minimum Gasteiger partial charge on any atom is -0.296 e. The standard InChI is InChI=1S/C27H30N4O2S/c1-5-8-21(18-34(33)27(2,3)4)24-11-7-10-23(30-24)19-13-14-20-16-28-31(25(20)15-19)26-12-6-9-22(17-32)29-26/h6-7,9-17,21H,5,8,18H2,1-4H3/t21-,34-/m1/s1. The lowest BCUT2D eigenvalue weighted by Crippen LogP contribution is -2.27. The van der Waals surface area contributed by atoms with Crippen LogP contribution in [0.3, 0.4) is 0 Å². The molecule has 0 fully saturated rings. The third-order valence-electron chi connectivity index (χ3n) is 5.82. The molecule has 3 heterocycles. The third-order valence-corrected chi connectivity index (χ3v) is 7.89. The zero-order chi connectivity index (χ0) is 24.3. The lowest BCUT2D eigenvalue weighted by molar-refractivity contribution is 0.111. The van der Waals surface area contributed by atoms with Crippen molar-refractivity contribution in [2.45, 2.75) is 51.2 Å². The van der Waals surface area contributed by atoms with Gasteiger partial charge in [0.15, 0.2) is 12.1 Å². The molecule has 0 aliphatic carbocycles. The summed E-state index contributed by atoms with van der Waals surface area (Å²) in [6, 6.07) is 17.5. The zero-order valence-corrected chi connectivity index (χ0v) is 20.9. The summed E-state index contributed by atoms with van der Waals surface area (Å²) in [7, 11) is -0.944. The van der Waals surface area contributed by atoms with Crippen LogP contribution in [0.25, 0.3) is 28.0 Å². The van der Waals surface area contributed by atoms with Gasteiger partial charge < -0.3 is 0 Å². The number of carbonyl (C=O) groups is 1. The van der Waals surface area contributed by atoms with Crippen LogP contribution in [-0.2, 0) is 10.8 Å². The average Bonchev–Trinajstić information content (AvgIpc) is 3.26. The van der Waals surface area contributed by atoms with Gasteiger partial charge in [-0.25, -0.2) is 9.67 Å². The predicted molar refractivity (Wildman–Crippen MR) is 138 cm³/mol. The Morgan fingerprint density at radius 3 is 2.59 bits per heavy atom. The number of aldehydes is 1. The fraction of sp³-hybridized carbons (Fsp3) is 0.333. The predicted octanol–water partition coefficient (Wildman–Crippen LogP) is 5.73. The molecule has 0 N–H and O–H groups in total. The van der Waals surface area contributed by atoms with Gasteiger partial charge in [-0.3, -0.25) is 14.0 Å². The van der Waals surface area contributed by atoms with Crippen LogP contribution in [0.4, 0.5) is 0 Å². The quantitative estimate of drug-likeness (QED) is 0.305. The number of nitrogens with zero attached hydrogens (tertiary/aromatic N) is 4. The highest BCUT2D eigenvalue weighted by Crippen LogP contribution is 2.29. The first kappa shape index (κ1) is 24.0. The van der Waals surface area contributed by atoms with E-state index in [9.17, 15) is 9.00 Å². The van der Waals surface area contributed by atoms with Crippen LogP contribution in [-0.4, -0.2) is 40.7 Å². The zero-order valence-electron chi connectivity index (χ0n) is 20.1. The molecule has 176 valence electrons. The molecular formula is C27H30N4O2S. The van der Waals surface area contributed by atoms with E-state index in [0.717, 1.165) is 47.0 Å². The lowest BCUT2D eigenvalue weighted by atomic mass is 10.00. The maximum Gasteiger partial charge on any atom is 0.168 e. The summed E-state index contributed by atoms with van der Waals surface area (Å²) >= 11 is 0. The number of aromatic nitrogens is 4. The van der Waals surface area contributed by atoms with Gasteiger partial charge in [-0.05, 0) is 57.5 Å². The fourth-order valence-corrected chi connectivity index (χ4v) is 5.12. The molecule has 4 aromatic rings. The molecule has 0 bridgehead atoms. The van der Waals surface area contributed by atoms with Crippen LogP contribution in [0, 0.1) is 0 Å². The molecule has 0 amide bonds. The second-order valence-electron chi connectivity index (χ2n) is 9.43. The van der Waals surface area contributed by atoms with Gasteiger partial charge in [0.2, 0.25) is 0 Å². The molecule has 34 heavy (non-hydrogen) atoms. The molecular weight excluding hydrogens is 444 g/mol. The summed E-state index contributed by atoms with van der Waals surface area (Å²) in [5, 5.41) is 5.46. The van der Waals surface area contributed by atoms with E-state index in [1.165, 1.54) is 0 Å². The van der Waals surface area contributed by atoms with E-state index < -0.39 is 10.8 Å². The smallest absolute Gasteiger partial charge is 0.168 e. The van der Waals surface area contributed by atoms with Gasteiger partial charge in [-0.1, -0.05) is 37.6 Å². The van der Waals surface area contributed by atoms with Crippen molar-refractivity contribution in [3.05, 3.63) is 72.2 Å². The first-order valence-electron chi connectivity index (χ1n) is 11.6. The summed E-state index contributed by atoms with van der Waals surface area (Å²) in [6.45, 7) is 8.22. The van der Waals surface area contributed by atoms with Crippen molar-refractivity contribution in [3.8, 4) is 17.1 Å². The summed E-state index contributed by atoms with van der Waals surface area (Å²) in [6.07, 6.45) is 4.48. The van der Waals surface area contributed by atoms with Crippen molar-refractivity contribution in [1.29, 1.82) is 0 Å². The number of carbonyl (C=O) groups excluding carboxylic acids is 1. The van der Waals surface area contributed by atoms with Crippen molar-refractivity contribution < 1.29 is 9.00 Å². The van der Waals surface area contributed by atoms with Gasteiger partial charge in [0.1, 0.15) is 5.69 Å². The number of benzene rings is 1. The Kier molecular flexibility index (Phi) is 7.03. The van der Waals surface area contributed by atoms with Crippen LogP contribution in [0.2, 0.25) is 0 Å². The number of fused-ring (bicyclic) bond motifs is 1. The van der Waals surface area contributed by atoms with Crippen LogP contribution < -0.4 is 0 Å². The van der Waals surface area contributed by atoms with Crippen LogP contribution >= 0.6 is 0 Å². The maximum atomic E-state index is 12.9. The number of pyridine rings is 2. The highest BCUT2D eigenvalue weighted by atomic mass is 32.2. The highest BCUT2D eigenvalue weighted by molar-refractivity contribution is 7.86. The van der Waals surface area contributed by atoms with Gasteiger partial charge in [0, 0.05) is 43.9 Å². The van der Waals surface area contributed by atoms with Crippen LogP contribution in [0.1, 0.15) is 62.6 Å². The first-order valence-corrected chi connectivity index (χ1v) is 12.9. The first-order chi connectivity index (χ1) is 16.3. The molecule has 2 atom stereocenters. The topological polar surface area (TPSA) is 77.7 Å². The Hall–Kier alpha value is -3.19. The van der Waals surface area contributed by atoms with Gasteiger partial charge in [-0.2, -0.15) is 5.10 Å². The molecule has 0 unspecified atom stereocenters. The Morgan fingerprint density at radius 2 is 1.85 bits per heavy atom. The third kappa shape index (κ3) is 5.14. The normalized spacial score (nSPS) is 13.6. The van der Waals surface area contributed by atoms with E-state index in [1.54, 1.807) is 23.0 Å². The van der Waals surface area contributed by atoms with Gasteiger partial charge >= 0.3 is 0 Å². The Morgan fingerprint density at radius 1 is 1.06 bits per heavy atom. The summed E-state index contributed by atoms with van der Waals surface area (Å²) in [4.78, 5) is 20.5. The average molecular weight is 475 g/mol. The Bertz CT molecular complexity index is 1340. The van der Waals surface area contributed by atoms with Crippen molar-refractivity contribution in [2.75, 3.05) is 5.75 Å². The number of hydrogen-bond acceptors (Lipinski definition) is 5. The van der Waals surface area contributed by atoms with Crippen molar-refractivity contribution >= 4 is 28.0 Å². The number of rotatable bonds is 8. The second-order valence-corrected chi connectivity index (χ2v) is 11.7. The van der Waals surface area contributed by atoms with Gasteiger partial charge in [0.25, 0.3) is 0 Å². The van der Waals surface area contributed by atoms with Gasteiger partial charge in [-0.15, -0.1) is 0 Å². The highest BCUT2D eigenvalue weighted by Gasteiger charge is 2.24. The molecule has 0 radical (unpaired) electrons. The van der Waals surface area contributed by atoms with E-state index in [1.807, 2.05) is 63.2 Å². The van der Waals surface area contributed by atoms with E-state index in [4.69, 9.17) is 4.98 Å². The summed E-state index contributed by atoms with van der Waals surface area (Å²) in [5.41, 5.74) is 4.06. The van der Waals surface area contributed by atoms with E-state index in [0.29, 0.717) is 17.3 Å². The Labute approximate surface area is 202 Å². The van der Waals surface area contributed by atoms with E-state index in [2.05, 4.69) is 17.0 Å². The molecule has 0 aliphatic heterocycles. The SMILES string of the molecule is CCC[C@H](C[S@@](=O)C(C)(C)C)c1cccc(-c2ccc3cnn(-c4cccc(C=O)n4)c3c2)n1. The minimum absolute atomic E-state index is 0.148. The molecule has 1 aromatic carbocycles. The summed E-state index contributed by atoms with van der Waals surface area (Å²) in [5.74, 6) is 1.35. The van der Waals surface area contributed by atoms with Gasteiger partial charge in [0.05, 0.1) is 17.4 Å². The summed E-state index contributed by atoms with van der Waals surface area (Å²) < 4.78 is 14.3. The molecule has 0 saturated carbocycles. The van der Waals surface area contributed by atoms with E-state index >= 15 is 0 Å². The van der Waals surface area contributed by atoms with Crippen molar-refractivity contribution in [1.82, 2.24) is 19.7 Å². The Balaban J connectivity index is 1.71. The van der Waals surface area contributed by atoms with Crippen LogP contribution in [0.5, 0.6) is 0 Å². The molecule has 0 aliphatic rings. The maximum absolute atomic E-state index is 12.9. The molecule has 7 heteroatoms. The monoisotopic (exact) mass is 474 g/mol. The fourth-order valence-electron chi connectivity index (χ4n) is 3.92. The molecule has 6 nitrogen and oxygen atoms in total. The molecule has 4 rings (SSSR count).